The summed E-state index contributed by atoms with van der Waals surface area (Å²) in [6, 6.07) is 31.1. The number of fused-ring (bicyclic) bond motifs is 2. The number of benzene rings is 4. The lowest BCUT2D eigenvalue weighted by atomic mass is 9.98. The van der Waals surface area contributed by atoms with Crippen LogP contribution >= 0.6 is 0 Å². The second-order valence-electron chi connectivity index (χ2n) is 10.9. The maximum Gasteiger partial charge on any atom is 0.261 e. The highest BCUT2D eigenvalue weighted by atomic mass is 16.1. The maximum atomic E-state index is 14.2. The molecule has 0 amide bonds. The van der Waals surface area contributed by atoms with Crippen LogP contribution in [0.25, 0.3) is 21.7 Å². The molecule has 0 radical (unpaired) electrons. The van der Waals surface area contributed by atoms with Crippen LogP contribution in [0.2, 0.25) is 0 Å². The zero-order valence-electron chi connectivity index (χ0n) is 23.2. The Morgan fingerprint density at radius 2 is 1.54 bits per heavy atom. The Bertz CT molecular complexity index is 1610. The molecule has 4 aromatic carbocycles. The average molecular weight is 519 g/mol. The molecule has 5 nitrogen and oxygen atoms in total. The summed E-state index contributed by atoms with van der Waals surface area (Å²) in [4.78, 5) is 22.0. The zero-order chi connectivity index (χ0) is 27.4. The Balaban J connectivity index is 1.70. The predicted molar refractivity (Wildman–Crippen MR) is 162 cm³/mol. The average Bonchev–Trinajstić information content (AvgIpc) is 2.94. The lowest BCUT2D eigenvalue weighted by Crippen LogP contribution is -2.38. The second kappa shape index (κ2) is 11.9. The van der Waals surface area contributed by atoms with Crippen molar-refractivity contribution in [3.63, 3.8) is 0 Å². The minimum absolute atomic E-state index is 0.00404. The molecule has 1 atom stereocenters. The van der Waals surface area contributed by atoms with Gasteiger partial charge >= 0.3 is 0 Å². The first-order chi connectivity index (χ1) is 18.9. The first-order valence-electron chi connectivity index (χ1n) is 13.9. The molecule has 0 aliphatic heterocycles. The minimum atomic E-state index is -0.0647. The van der Waals surface area contributed by atoms with Gasteiger partial charge in [0.15, 0.2) is 0 Å². The van der Waals surface area contributed by atoms with Crippen LogP contribution < -0.4 is 11.3 Å². The van der Waals surface area contributed by atoms with Crippen LogP contribution in [0, 0.1) is 12.8 Å². The van der Waals surface area contributed by atoms with Crippen LogP contribution in [0.15, 0.2) is 95.8 Å². The van der Waals surface area contributed by atoms with Crippen LogP contribution in [0.1, 0.15) is 48.8 Å². The van der Waals surface area contributed by atoms with Gasteiger partial charge in [0.25, 0.3) is 5.56 Å². The number of aromatic nitrogens is 2. The van der Waals surface area contributed by atoms with Crippen molar-refractivity contribution in [2.75, 3.05) is 13.1 Å². The molecule has 39 heavy (non-hydrogen) atoms. The fourth-order valence-electron chi connectivity index (χ4n) is 5.49. The lowest BCUT2D eigenvalue weighted by molar-refractivity contribution is 0.134. The molecule has 2 N–H and O–H groups in total. The maximum absolute atomic E-state index is 14.2. The van der Waals surface area contributed by atoms with Crippen molar-refractivity contribution in [2.24, 2.45) is 11.7 Å². The van der Waals surface area contributed by atoms with Gasteiger partial charge < -0.3 is 5.73 Å². The molecule has 200 valence electrons. The molecule has 1 aromatic heterocycles. The van der Waals surface area contributed by atoms with Gasteiger partial charge in [-0.05, 0) is 59.8 Å². The van der Waals surface area contributed by atoms with Gasteiger partial charge in [0.2, 0.25) is 0 Å². The van der Waals surface area contributed by atoms with Crippen LogP contribution in [0.3, 0.4) is 0 Å². The Labute approximate surface area is 230 Å². The van der Waals surface area contributed by atoms with Gasteiger partial charge in [-0.25, -0.2) is 4.98 Å². The number of rotatable bonds is 10. The monoisotopic (exact) mass is 518 g/mol. The molecule has 0 spiro atoms. The third-order valence-electron chi connectivity index (χ3n) is 7.48. The van der Waals surface area contributed by atoms with Gasteiger partial charge in [-0.3, -0.25) is 14.3 Å². The molecule has 0 bridgehead atoms. The smallest absolute Gasteiger partial charge is 0.261 e. The van der Waals surface area contributed by atoms with Gasteiger partial charge in [0.1, 0.15) is 5.82 Å². The standard InChI is InChI=1S/C34H38N4O/c1-24(2)32(37(19-9-18-35)22-27-16-14-25(3)15-17-27)33-36-31-21-29-13-8-7-12-28(29)20-30(31)34(39)38(33)23-26-10-5-4-6-11-26/h4-8,10-17,20-21,24,32H,9,18-19,22-23,35H2,1-3H3. The van der Waals surface area contributed by atoms with E-state index in [9.17, 15) is 4.79 Å². The van der Waals surface area contributed by atoms with Crippen molar-refractivity contribution in [3.05, 3.63) is 124 Å². The van der Waals surface area contributed by atoms with Crippen LogP contribution in [0.4, 0.5) is 0 Å². The van der Waals surface area contributed by atoms with Crippen molar-refractivity contribution in [1.29, 1.82) is 0 Å². The fourth-order valence-corrected chi connectivity index (χ4v) is 5.49. The van der Waals surface area contributed by atoms with Gasteiger partial charge in [-0.15, -0.1) is 0 Å². The summed E-state index contributed by atoms with van der Waals surface area (Å²) in [5.74, 6) is 1.03. The van der Waals surface area contributed by atoms with Crippen molar-refractivity contribution in [1.82, 2.24) is 14.5 Å². The molecule has 0 saturated heterocycles. The van der Waals surface area contributed by atoms with Crippen LogP contribution in [-0.2, 0) is 13.1 Å². The molecular weight excluding hydrogens is 480 g/mol. The summed E-state index contributed by atoms with van der Waals surface area (Å²) in [5.41, 5.74) is 10.3. The third-order valence-corrected chi connectivity index (χ3v) is 7.48. The van der Waals surface area contributed by atoms with E-state index in [4.69, 9.17) is 10.7 Å². The van der Waals surface area contributed by atoms with Gasteiger partial charge in [-0.2, -0.15) is 0 Å². The Morgan fingerprint density at radius 1 is 0.872 bits per heavy atom. The van der Waals surface area contributed by atoms with E-state index >= 15 is 0 Å². The van der Waals surface area contributed by atoms with Gasteiger partial charge in [-0.1, -0.05) is 98.3 Å². The molecule has 1 heterocycles. The number of hydrogen-bond acceptors (Lipinski definition) is 4. The van der Waals surface area contributed by atoms with Crippen LogP contribution in [-0.4, -0.2) is 27.5 Å². The van der Waals surface area contributed by atoms with Gasteiger partial charge in [0, 0.05) is 13.1 Å². The molecule has 0 fully saturated rings. The largest absolute Gasteiger partial charge is 0.330 e. The van der Waals surface area contributed by atoms with E-state index in [1.165, 1.54) is 11.1 Å². The van der Waals surface area contributed by atoms with E-state index < -0.39 is 0 Å². The quantitative estimate of drug-likeness (QED) is 0.216. The van der Waals surface area contributed by atoms with Crippen molar-refractivity contribution < 1.29 is 0 Å². The van der Waals surface area contributed by atoms with Gasteiger partial charge in [0.05, 0.1) is 23.5 Å². The summed E-state index contributed by atoms with van der Waals surface area (Å²) >= 11 is 0. The predicted octanol–water partition coefficient (Wildman–Crippen LogP) is 6.45. The summed E-state index contributed by atoms with van der Waals surface area (Å²) < 4.78 is 1.90. The fraction of sp³-hybridized carbons (Fsp3) is 0.294. The Kier molecular flexibility index (Phi) is 8.20. The minimum Gasteiger partial charge on any atom is -0.330 e. The van der Waals surface area contributed by atoms with E-state index in [0.717, 1.165) is 47.2 Å². The van der Waals surface area contributed by atoms with Crippen molar-refractivity contribution in [3.8, 4) is 0 Å². The number of nitrogens with two attached hydrogens (primary N) is 1. The lowest BCUT2D eigenvalue weighted by Gasteiger charge is -2.35. The Morgan fingerprint density at radius 3 is 2.21 bits per heavy atom. The SMILES string of the molecule is Cc1ccc(CN(CCCN)C(c2nc3cc4ccccc4cc3c(=O)n2Cc2ccccc2)C(C)C)cc1. The molecule has 0 aliphatic rings. The highest BCUT2D eigenvalue weighted by Gasteiger charge is 2.29. The molecule has 5 heteroatoms. The van der Waals surface area contributed by atoms with E-state index in [0.29, 0.717) is 18.5 Å². The topological polar surface area (TPSA) is 64.2 Å². The summed E-state index contributed by atoms with van der Waals surface area (Å²) in [6.45, 7) is 9.23. The summed E-state index contributed by atoms with van der Waals surface area (Å²) in [6.07, 6.45) is 0.871. The molecule has 0 saturated carbocycles. The van der Waals surface area contributed by atoms with E-state index in [1.54, 1.807) is 0 Å². The number of hydrogen-bond donors (Lipinski definition) is 1. The molecular formula is C34H38N4O. The van der Waals surface area contributed by atoms with E-state index in [-0.39, 0.29) is 17.5 Å². The highest BCUT2D eigenvalue weighted by molar-refractivity contribution is 5.96. The second-order valence-corrected chi connectivity index (χ2v) is 10.9. The molecule has 1 unspecified atom stereocenters. The summed E-state index contributed by atoms with van der Waals surface area (Å²) in [7, 11) is 0. The molecule has 5 rings (SSSR count). The van der Waals surface area contributed by atoms with Crippen LogP contribution in [0.5, 0.6) is 0 Å². The molecule has 5 aromatic rings. The highest BCUT2D eigenvalue weighted by Crippen LogP contribution is 2.31. The molecule has 0 aliphatic carbocycles. The number of aryl methyl sites for hydroxylation is 1. The summed E-state index contributed by atoms with van der Waals surface area (Å²) in [5, 5.41) is 2.79. The first kappa shape index (κ1) is 26.8. The van der Waals surface area contributed by atoms with E-state index in [1.807, 2.05) is 41.0 Å². The third kappa shape index (κ3) is 5.95. The number of nitrogens with zero attached hydrogens (tertiary/aromatic N) is 3. The normalized spacial score (nSPS) is 12.6. The van der Waals surface area contributed by atoms with E-state index in [2.05, 4.69) is 80.3 Å². The van der Waals surface area contributed by atoms with Crippen molar-refractivity contribution in [2.45, 2.75) is 46.3 Å². The zero-order valence-corrected chi connectivity index (χ0v) is 23.2. The van der Waals surface area contributed by atoms with Crippen molar-refractivity contribution >= 4 is 21.7 Å². The Hall–Kier alpha value is -3.80. The first-order valence-corrected chi connectivity index (χ1v) is 13.9.